The number of benzene rings is 1. The zero-order chi connectivity index (χ0) is 17.4. The molecule has 6 heteroatoms. The van der Waals surface area contributed by atoms with Gasteiger partial charge in [0.05, 0.1) is 12.2 Å². The van der Waals surface area contributed by atoms with Crippen LogP contribution in [0.3, 0.4) is 0 Å². The monoisotopic (exact) mass is 337 g/mol. The van der Waals surface area contributed by atoms with Crippen LogP contribution in [0.5, 0.6) is 0 Å². The summed E-state index contributed by atoms with van der Waals surface area (Å²) in [6, 6.07) is 12.3. The molecule has 1 aliphatic rings. The van der Waals surface area contributed by atoms with Crippen molar-refractivity contribution in [2.24, 2.45) is 0 Å². The molecule has 2 aromatic heterocycles. The lowest BCUT2D eigenvalue weighted by Crippen LogP contribution is -2.31. The molecule has 0 saturated carbocycles. The number of rotatable bonds is 4. The minimum Gasteiger partial charge on any atom is -0.346 e. The molecule has 0 unspecified atom stereocenters. The summed E-state index contributed by atoms with van der Waals surface area (Å²) in [6.07, 6.45) is 2.08. The zero-order valence-electron chi connectivity index (χ0n) is 14.7. The van der Waals surface area contributed by atoms with E-state index in [9.17, 15) is 4.79 Å². The fourth-order valence-corrected chi connectivity index (χ4v) is 3.39. The van der Waals surface area contributed by atoms with Gasteiger partial charge in [0.15, 0.2) is 5.69 Å². The quantitative estimate of drug-likeness (QED) is 0.732. The number of likely N-dealkylation sites (N-methyl/N-ethyl adjacent to an activating group) is 2. The zero-order valence-corrected chi connectivity index (χ0v) is 14.7. The van der Waals surface area contributed by atoms with E-state index in [0.717, 1.165) is 31.9 Å². The average molecular weight is 337 g/mol. The van der Waals surface area contributed by atoms with E-state index in [-0.39, 0.29) is 5.91 Å². The number of hydrogen-bond acceptors (Lipinski definition) is 3. The molecule has 0 bridgehead atoms. The fraction of sp³-hybridized carbons (Fsp3) is 0.368. The molecule has 0 spiro atoms. The topological polar surface area (TPSA) is 46.3 Å². The number of aromatic nitrogens is 3. The van der Waals surface area contributed by atoms with Gasteiger partial charge in [0.25, 0.3) is 5.91 Å². The molecule has 1 aliphatic heterocycles. The summed E-state index contributed by atoms with van der Waals surface area (Å²) in [5.74, 6) is -0.0129. The molecule has 3 heterocycles. The van der Waals surface area contributed by atoms with E-state index in [1.54, 1.807) is 4.90 Å². The smallest absolute Gasteiger partial charge is 0.274 e. The molecule has 0 N–H and O–H groups in total. The lowest BCUT2D eigenvalue weighted by Gasteiger charge is -2.22. The van der Waals surface area contributed by atoms with Gasteiger partial charge in [-0.25, -0.2) is 0 Å². The number of amides is 1. The number of carbonyl (C=O) groups is 1. The molecule has 0 atom stereocenters. The minimum atomic E-state index is -0.0129. The van der Waals surface area contributed by atoms with E-state index in [2.05, 4.69) is 46.0 Å². The SMILES string of the molecule is CN1CCn2nc(C(=O)N(C)CCn3ccc4ccccc43)cc2C1. The molecule has 130 valence electrons. The maximum Gasteiger partial charge on any atom is 0.274 e. The molecule has 1 amide bonds. The van der Waals surface area contributed by atoms with Crippen molar-refractivity contribution in [3.63, 3.8) is 0 Å². The highest BCUT2D eigenvalue weighted by molar-refractivity contribution is 5.92. The van der Waals surface area contributed by atoms with E-state index < -0.39 is 0 Å². The molecule has 0 radical (unpaired) electrons. The summed E-state index contributed by atoms with van der Waals surface area (Å²) >= 11 is 0. The first-order valence-electron chi connectivity index (χ1n) is 8.66. The van der Waals surface area contributed by atoms with Gasteiger partial charge in [-0.05, 0) is 30.6 Å². The molecule has 1 aromatic carbocycles. The van der Waals surface area contributed by atoms with Crippen molar-refractivity contribution in [1.29, 1.82) is 0 Å². The highest BCUT2D eigenvalue weighted by Gasteiger charge is 2.21. The molecule has 6 nitrogen and oxygen atoms in total. The third-order valence-electron chi connectivity index (χ3n) is 4.91. The molecule has 0 saturated heterocycles. The molecule has 4 rings (SSSR count). The Morgan fingerprint density at radius 1 is 1.24 bits per heavy atom. The van der Waals surface area contributed by atoms with E-state index in [1.165, 1.54) is 10.9 Å². The summed E-state index contributed by atoms with van der Waals surface area (Å²) in [6.45, 7) is 4.09. The number of para-hydroxylation sites is 1. The fourth-order valence-electron chi connectivity index (χ4n) is 3.39. The summed E-state index contributed by atoms with van der Waals surface area (Å²) in [5.41, 5.74) is 2.86. The molecular weight excluding hydrogens is 314 g/mol. The molecule has 0 aliphatic carbocycles. The Labute approximate surface area is 147 Å². The predicted molar refractivity (Wildman–Crippen MR) is 97.5 cm³/mol. The van der Waals surface area contributed by atoms with Gasteiger partial charge >= 0.3 is 0 Å². The third kappa shape index (κ3) is 3.05. The van der Waals surface area contributed by atoms with Crippen LogP contribution in [0.4, 0.5) is 0 Å². The highest BCUT2D eigenvalue weighted by Crippen LogP contribution is 2.16. The second-order valence-corrected chi connectivity index (χ2v) is 6.78. The van der Waals surface area contributed by atoms with Gasteiger partial charge in [-0.3, -0.25) is 14.4 Å². The Morgan fingerprint density at radius 2 is 2.08 bits per heavy atom. The predicted octanol–water partition coefficient (Wildman–Crippen LogP) is 2.06. The van der Waals surface area contributed by atoms with Gasteiger partial charge in [-0.2, -0.15) is 5.10 Å². The van der Waals surface area contributed by atoms with Crippen LogP contribution < -0.4 is 0 Å². The second-order valence-electron chi connectivity index (χ2n) is 6.78. The highest BCUT2D eigenvalue weighted by atomic mass is 16.2. The van der Waals surface area contributed by atoms with Crippen molar-refractivity contribution < 1.29 is 4.79 Å². The summed E-state index contributed by atoms with van der Waals surface area (Å²) < 4.78 is 4.15. The van der Waals surface area contributed by atoms with E-state index >= 15 is 0 Å². The molecular formula is C19H23N5O. The van der Waals surface area contributed by atoms with Crippen LogP contribution in [-0.4, -0.2) is 57.2 Å². The first kappa shape index (κ1) is 15.9. The van der Waals surface area contributed by atoms with Crippen LogP contribution in [0.1, 0.15) is 16.2 Å². The van der Waals surface area contributed by atoms with Crippen molar-refractivity contribution in [3.05, 3.63) is 54.0 Å². The minimum absolute atomic E-state index is 0.0129. The van der Waals surface area contributed by atoms with E-state index in [0.29, 0.717) is 12.2 Å². The van der Waals surface area contributed by atoms with Crippen molar-refractivity contribution in [3.8, 4) is 0 Å². The Morgan fingerprint density at radius 3 is 2.96 bits per heavy atom. The number of carbonyl (C=O) groups excluding carboxylic acids is 1. The van der Waals surface area contributed by atoms with Crippen LogP contribution in [0.25, 0.3) is 10.9 Å². The van der Waals surface area contributed by atoms with Crippen LogP contribution in [0, 0.1) is 0 Å². The van der Waals surface area contributed by atoms with Crippen molar-refractivity contribution in [2.45, 2.75) is 19.6 Å². The first-order valence-corrected chi connectivity index (χ1v) is 8.66. The van der Waals surface area contributed by atoms with Gasteiger partial charge in [0, 0.05) is 44.9 Å². The van der Waals surface area contributed by atoms with Crippen LogP contribution in [0.15, 0.2) is 42.6 Å². The number of hydrogen-bond donors (Lipinski definition) is 0. The summed E-state index contributed by atoms with van der Waals surface area (Å²) in [7, 11) is 3.93. The Kier molecular flexibility index (Phi) is 4.05. The number of nitrogens with zero attached hydrogens (tertiary/aromatic N) is 5. The van der Waals surface area contributed by atoms with Gasteiger partial charge < -0.3 is 9.47 Å². The van der Waals surface area contributed by atoms with Crippen molar-refractivity contribution in [1.82, 2.24) is 24.1 Å². The lowest BCUT2D eigenvalue weighted by molar-refractivity contribution is 0.0784. The Hall–Kier alpha value is -2.60. The van der Waals surface area contributed by atoms with E-state index in [4.69, 9.17) is 0 Å². The van der Waals surface area contributed by atoms with Gasteiger partial charge in [-0.1, -0.05) is 18.2 Å². The standard InChI is InChI=1S/C19H23N5O/c1-21-9-12-24-16(14-21)13-17(20-24)19(25)22(2)10-11-23-8-7-15-5-3-4-6-18(15)23/h3-8,13H,9-12,14H2,1-2H3. The molecule has 0 fully saturated rings. The first-order chi connectivity index (χ1) is 12.1. The third-order valence-corrected chi connectivity index (χ3v) is 4.91. The average Bonchev–Trinajstić information content (AvgIpc) is 3.22. The molecule has 3 aromatic rings. The largest absolute Gasteiger partial charge is 0.346 e. The maximum absolute atomic E-state index is 12.7. The normalized spacial score (nSPS) is 14.6. The van der Waals surface area contributed by atoms with Gasteiger partial charge in [0.2, 0.25) is 0 Å². The van der Waals surface area contributed by atoms with Crippen LogP contribution in [0.2, 0.25) is 0 Å². The second kappa shape index (κ2) is 6.37. The van der Waals surface area contributed by atoms with Gasteiger partial charge in [0.1, 0.15) is 0 Å². The number of fused-ring (bicyclic) bond motifs is 2. The molecule has 25 heavy (non-hydrogen) atoms. The summed E-state index contributed by atoms with van der Waals surface area (Å²) in [4.78, 5) is 16.7. The van der Waals surface area contributed by atoms with Crippen molar-refractivity contribution in [2.75, 3.05) is 27.2 Å². The maximum atomic E-state index is 12.7. The van der Waals surface area contributed by atoms with Crippen molar-refractivity contribution >= 4 is 16.8 Å². The summed E-state index contributed by atoms with van der Waals surface area (Å²) in [5, 5.41) is 5.72. The lowest BCUT2D eigenvalue weighted by atomic mass is 10.2. The Bertz CT molecular complexity index is 910. The van der Waals surface area contributed by atoms with Crippen LogP contribution in [-0.2, 0) is 19.6 Å². The van der Waals surface area contributed by atoms with Gasteiger partial charge in [-0.15, -0.1) is 0 Å². The Balaban J connectivity index is 1.44. The van der Waals surface area contributed by atoms with E-state index in [1.807, 2.05) is 29.9 Å². The van der Waals surface area contributed by atoms with Crippen LogP contribution >= 0.6 is 0 Å².